The summed E-state index contributed by atoms with van der Waals surface area (Å²) in [4.78, 5) is 4.67. The van der Waals surface area contributed by atoms with E-state index in [1.165, 1.54) is 5.56 Å². The molecule has 2 aromatic rings. The maximum absolute atomic E-state index is 9.34. The number of pyridine rings is 1. The molecule has 0 aliphatic heterocycles. The highest BCUT2D eigenvalue weighted by atomic mass is 15.0. The van der Waals surface area contributed by atoms with Crippen LogP contribution in [0.1, 0.15) is 34.4 Å². The highest BCUT2D eigenvalue weighted by Gasteiger charge is 2.17. The fraction of sp³-hybridized carbons (Fsp3) is 0.294. The summed E-state index contributed by atoms with van der Waals surface area (Å²) >= 11 is 0. The standard InChI is InChI=1S/C17H17N3/c1-11-5-3-6-12(2)16(11)20-17-14(10-18)9-13-7-4-8-15(13)19-17/h3,5-6,9H,4,7-8H2,1-2H3,(H,19,20). The van der Waals surface area contributed by atoms with E-state index in [2.05, 4.69) is 42.4 Å². The van der Waals surface area contributed by atoms with Gasteiger partial charge in [-0.25, -0.2) is 4.98 Å². The molecule has 20 heavy (non-hydrogen) atoms. The summed E-state index contributed by atoms with van der Waals surface area (Å²) in [7, 11) is 0. The second-order valence-electron chi connectivity index (χ2n) is 5.35. The first-order valence-electron chi connectivity index (χ1n) is 6.95. The lowest BCUT2D eigenvalue weighted by molar-refractivity contribution is 0.900. The first-order chi connectivity index (χ1) is 9.69. The summed E-state index contributed by atoms with van der Waals surface area (Å²) in [5.41, 5.74) is 6.38. The number of nitrogens with one attached hydrogen (secondary N) is 1. The minimum absolute atomic E-state index is 0.633. The van der Waals surface area contributed by atoms with Crippen LogP contribution in [-0.2, 0) is 12.8 Å². The molecule has 3 nitrogen and oxygen atoms in total. The Morgan fingerprint density at radius 2 is 1.95 bits per heavy atom. The van der Waals surface area contributed by atoms with Crippen molar-refractivity contribution in [2.45, 2.75) is 33.1 Å². The molecule has 0 radical (unpaired) electrons. The molecule has 1 N–H and O–H groups in total. The molecule has 0 saturated heterocycles. The number of anilines is 2. The summed E-state index contributed by atoms with van der Waals surface area (Å²) in [5.74, 6) is 0.686. The van der Waals surface area contributed by atoms with Crippen molar-refractivity contribution < 1.29 is 0 Å². The fourth-order valence-electron chi connectivity index (χ4n) is 2.78. The molecule has 1 aliphatic rings. The van der Waals surface area contributed by atoms with Crippen molar-refractivity contribution in [3.63, 3.8) is 0 Å². The molecule has 0 atom stereocenters. The van der Waals surface area contributed by atoms with Gasteiger partial charge in [-0.15, -0.1) is 0 Å². The fourth-order valence-corrected chi connectivity index (χ4v) is 2.78. The van der Waals surface area contributed by atoms with Crippen LogP contribution in [0.15, 0.2) is 24.3 Å². The lowest BCUT2D eigenvalue weighted by atomic mass is 10.1. The van der Waals surface area contributed by atoms with Crippen LogP contribution >= 0.6 is 0 Å². The van der Waals surface area contributed by atoms with Gasteiger partial charge < -0.3 is 5.32 Å². The average molecular weight is 263 g/mol. The van der Waals surface area contributed by atoms with Crippen molar-refractivity contribution in [2.75, 3.05) is 5.32 Å². The molecule has 1 heterocycles. The maximum atomic E-state index is 9.34. The molecule has 0 fully saturated rings. The number of benzene rings is 1. The third kappa shape index (κ3) is 2.14. The quantitative estimate of drug-likeness (QED) is 0.896. The van der Waals surface area contributed by atoms with Gasteiger partial charge >= 0.3 is 0 Å². The Labute approximate surface area is 119 Å². The number of hydrogen-bond acceptors (Lipinski definition) is 3. The van der Waals surface area contributed by atoms with E-state index in [0.29, 0.717) is 11.4 Å². The van der Waals surface area contributed by atoms with Gasteiger partial charge in [-0.3, -0.25) is 0 Å². The van der Waals surface area contributed by atoms with Crippen molar-refractivity contribution in [1.29, 1.82) is 5.26 Å². The third-order valence-corrected chi connectivity index (χ3v) is 3.90. The molecule has 1 aromatic heterocycles. The van der Waals surface area contributed by atoms with Gasteiger partial charge in [0.15, 0.2) is 0 Å². The second kappa shape index (κ2) is 4.97. The van der Waals surface area contributed by atoms with Crippen molar-refractivity contribution in [1.82, 2.24) is 4.98 Å². The number of para-hydroxylation sites is 1. The molecule has 0 spiro atoms. The van der Waals surface area contributed by atoms with E-state index in [0.717, 1.165) is 41.8 Å². The lowest BCUT2D eigenvalue weighted by Crippen LogP contribution is -2.03. The van der Waals surface area contributed by atoms with Crippen LogP contribution in [0.3, 0.4) is 0 Å². The van der Waals surface area contributed by atoms with Gasteiger partial charge in [-0.2, -0.15) is 5.26 Å². The molecule has 100 valence electrons. The van der Waals surface area contributed by atoms with Crippen LogP contribution in [0.2, 0.25) is 0 Å². The smallest absolute Gasteiger partial charge is 0.148 e. The summed E-state index contributed by atoms with van der Waals surface area (Å²) < 4.78 is 0. The van der Waals surface area contributed by atoms with Crippen molar-refractivity contribution in [2.24, 2.45) is 0 Å². The normalized spacial score (nSPS) is 12.8. The summed E-state index contributed by atoms with van der Waals surface area (Å²) in [6.45, 7) is 4.13. The molecule has 1 aromatic carbocycles. The predicted molar refractivity (Wildman–Crippen MR) is 80.2 cm³/mol. The van der Waals surface area contributed by atoms with Gasteiger partial charge in [-0.1, -0.05) is 18.2 Å². The van der Waals surface area contributed by atoms with E-state index in [9.17, 15) is 5.26 Å². The lowest BCUT2D eigenvalue weighted by Gasteiger charge is -2.14. The second-order valence-corrected chi connectivity index (χ2v) is 5.35. The molecular formula is C17H17N3. The zero-order valence-electron chi connectivity index (χ0n) is 11.8. The number of hydrogen-bond donors (Lipinski definition) is 1. The van der Waals surface area contributed by atoms with Gasteiger partial charge in [0.1, 0.15) is 11.9 Å². The highest BCUT2D eigenvalue weighted by molar-refractivity contribution is 5.68. The number of aromatic nitrogens is 1. The topological polar surface area (TPSA) is 48.7 Å². The van der Waals surface area contributed by atoms with E-state index >= 15 is 0 Å². The number of rotatable bonds is 2. The molecular weight excluding hydrogens is 246 g/mol. The van der Waals surface area contributed by atoms with Crippen LogP contribution < -0.4 is 5.32 Å². The SMILES string of the molecule is Cc1cccc(C)c1Nc1nc2c(cc1C#N)CCC2. The monoisotopic (exact) mass is 263 g/mol. The van der Waals surface area contributed by atoms with Crippen molar-refractivity contribution in [3.05, 3.63) is 52.2 Å². The van der Waals surface area contributed by atoms with E-state index < -0.39 is 0 Å². The van der Waals surface area contributed by atoms with Crippen LogP contribution in [0.4, 0.5) is 11.5 Å². The first kappa shape index (κ1) is 12.7. The van der Waals surface area contributed by atoms with E-state index in [-0.39, 0.29) is 0 Å². The molecule has 0 bridgehead atoms. The number of nitrogens with zero attached hydrogens (tertiary/aromatic N) is 2. The van der Waals surface area contributed by atoms with Crippen LogP contribution in [0.5, 0.6) is 0 Å². The summed E-state index contributed by atoms with van der Waals surface area (Å²) in [6.07, 6.45) is 3.20. The van der Waals surface area contributed by atoms with Crippen molar-refractivity contribution in [3.8, 4) is 6.07 Å². The highest BCUT2D eigenvalue weighted by Crippen LogP contribution is 2.29. The summed E-state index contributed by atoms with van der Waals surface area (Å²) in [6, 6.07) is 10.4. The number of aryl methyl sites for hydroxylation is 4. The van der Waals surface area contributed by atoms with Gasteiger partial charge in [-0.05, 0) is 55.9 Å². The van der Waals surface area contributed by atoms with Crippen LogP contribution in [0.25, 0.3) is 0 Å². The molecule has 3 rings (SSSR count). The first-order valence-corrected chi connectivity index (χ1v) is 6.95. The maximum Gasteiger partial charge on any atom is 0.148 e. The Hall–Kier alpha value is -2.34. The third-order valence-electron chi connectivity index (χ3n) is 3.90. The average Bonchev–Trinajstić information content (AvgIpc) is 2.89. The minimum Gasteiger partial charge on any atom is -0.339 e. The number of fused-ring (bicyclic) bond motifs is 1. The van der Waals surface area contributed by atoms with Gasteiger partial charge in [0.25, 0.3) is 0 Å². The van der Waals surface area contributed by atoms with E-state index in [1.807, 2.05) is 12.1 Å². The zero-order chi connectivity index (χ0) is 14.1. The Morgan fingerprint density at radius 3 is 2.65 bits per heavy atom. The molecule has 0 saturated carbocycles. The molecule has 3 heteroatoms. The molecule has 0 amide bonds. The van der Waals surface area contributed by atoms with Gasteiger partial charge in [0.05, 0.1) is 5.56 Å². The largest absolute Gasteiger partial charge is 0.339 e. The van der Waals surface area contributed by atoms with E-state index in [4.69, 9.17) is 0 Å². The zero-order valence-corrected chi connectivity index (χ0v) is 11.8. The van der Waals surface area contributed by atoms with Crippen molar-refractivity contribution >= 4 is 11.5 Å². The van der Waals surface area contributed by atoms with Gasteiger partial charge in [0, 0.05) is 11.4 Å². The predicted octanol–water partition coefficient (Wildman–Crippen LogP) is 3.80. The number of nitriles is 1. The summed E-state index contributed by atoms with van der Waals surface area (Å²) in [5, 5.41) is 12.7. The molecule has 0 unspecified atom stereocenters. The Balaban J connectivity index is 2.05. The Morgan fingerprint density at radius 1 is 1.20 bits per heavy atom. The molecule has 1 aliphatic carbocycles. The minimum atomic E-state index is 0.633. The van der Waals surface area contributed by atoms with Crippen LogP contribution in [0, 0.1) is 25.2 Å². The van der Waals surface area contributed by atoms with Crippen LogP contribution in [-0.4, -0.2) is 4.98 Å². The Bertz CT molecular complexity index is 691. The van der Waals surface area contributed by atoms with Gasteiger partial charge in [0.2, 0.25) is 0 Å². The Kier molecular flexibility index (Phi) is 3.15. The van der Waals surface area contributed by atoms with E-state index in [1.54, 1.807) is 0 Å².